The van der Waals surface area contributed by atoms with Crippen molar-refractivity contribution in [1.29, 1.82) is 0 Å². The van der Waals surface area contributed by atoms with Gasteiger partial charge in [-0.1, -0.05) is 0 Å². The molecular weight excluding hydrogens is 304 g/mol. The number of carbonyl (C=O) groups is 1. The highest BCUT2D eigenvalue weighted by molar-refractivity contribution is 7.98. The normalized spacial score (nSPS) is 19.8. The molecule has 6 nitrogen and oxygen atoms in total. The summed E-state index contributed by atoms with van der Waals surface area (Å²) in [5, 5.41) is 5.72. The summed E-state index contributed by atoms with van der Waals surface area (Å²) in [6.07, 6.45) is 4.15. The highest BCUT2D eigenvalue weighted by atomic mass is 32.2. The number of hydrogen-bond donors (Lipinski definition) is 2. The number of urea groups is 1. The minimum atomic E-state index is -0.234. The molecule has 120 valence electrons. The Kier molecular flexibility index (Phi) is 4.94. The summed E-state index contributed by atoms with van der Waals surface area (Å²) < 4.78 is 16.6. The van der Waals surface area contributed by atoms with E-state index in [4.69, 9.17) is 14.2 Å². The molecule has 3 rings (SSSR count). The van der Waals surface area contributed by atoms with Gasteiger partial charge in [-0.15, -0.1) is 11.8 Å². The van der Waals surface area contributed by atoms with Crippen LogP contribution in [0, 0.1) is 0 Å². The lowest BCUT2D eigenvalue weighted by Gasteiger charge is -2.21. The summed E-state index contributed by atoms with van der Waals surface area (Å²) in [5.41, 5.74) is 0.724. The first-order valence-corrected chi connectivity index (χ1v) is 8.63. The second-order valence-corrected chi connectivity index (χ2v) is 6.01. The van der Waals surface area contributed by atoms with Crippen LogP contribution in [0.15, 0.2) is 17.0 Å². The molecule has 2 N–H and O–H groups in total. The Morgan fingerprint density at radius 3 is 2.73 bits per heavy atom. The Labute approximate surface area is 133 Å². The molecule has 0 radical (unpaired) electrons. The van der Waals surface area contributed by atoms with Crippen molar-refractivity contribution in [2.45, 2.75) is 23.8 Å². The Morgan fingerprint density at radius 1 is 1.27 bits per heavy atom. The molecule has 2 heterocycles. The highest BCUT2D eigenvalue weighted by Crippen LogP contribution is 2.39. The van der Waals surface area contributed by atoms with Gasteiger partial charge in [-0.25, -0.2) is 4.79 Å². The average molecular weight is 324 g/mol. The number of hydrogen-bond acceptors (Lipinski definition) is 5. The molecular formula is C15H20N2O4S. The number of amides is 2. The number of fused-ring (bicyclic) bond motifs is 1. The summed E-state index contributed by atoms with van der Waals surface area (Å²) >= 11 is 1.55. The maximum absolute atomic E-state index is 12.0. The third-order valence-electron chi connectivity index (χ3n) is 3.63. The third-order valence-corrected chi connectivity index (χ3v) is 4.40. The summed E-state index contributed by atoms with van der Waals surface area (Å²) in [6.45, 7) is 2.39. The highest BCUT2D eigenvalue weighted by Gasteiger charge is 2.18. The van der Waals surface area contributed by atoms with Gasteiger partial charge >= 0.3 is 6.03 Å². The zero-order valence-electron chi connectivity index (χ0n) is 12.5. The predicted molar refractivity (Wildman–Crippen MR) is 85.2 cm³/mol. The lowest BCUT2D eigenvalue weighted by molar-refractivity contribution is 0.112. The minimum Gasteiger partial charge on any atom is -0.486 e. The molecule has 22 heavy (non-hydrogen) atoms. The van der Waals surface area contributed by atoms with Gasteiger partial charge in [0, 0.05) is 24.1 Å². The van der Waals surface area contributed by atoms with E-state index in [1.165, 1.54) is 0 Å². The standard InChI is InChI=1S/C15H20N2O4S/c1-22-14-8-13-12(20-5-6-21-13)7-11(14)17-15(18)16-9-10-3-2-4-19-10/h7-8,10H,2-6,9H2,1H3,(H2,16,17,18). The second-order valence-electron chi connectivity index (χ2n) is 5.17. The van der Waals surface area contributed by atoms with Crippen LogP contribution in [-0.2, 0) is 4.74 Å². The molecule has 2 aliphatic rings. The van der Waals surface area contributed by atoms with Crippen LogP contribution in [0.3, 0.4) is 0 Å². The van der Waals surface area contributed by atoms with Crippen molar-refractivity contribution >= 4 is 23.5 Å². The first-order chi connectivity index (χ1) is 10.8. The molecule has 0 aliphatic carbocycles. The van der Waals surface area contributed by atoms with E-state index in [-0.39, 0.29) is 12.1 Å². The van der Waals surface area contributed by atoms with Gasteiger partial charge in [0.25, 0.3) is 0 Å². The van der Waals surface area contributed by atoms with Gasteiger partial charge < -0.3 is 24.8 Å². The van der Waals surface area contributed by atoms with Crippen LogP contribution in [0.5, 0.6) is 11.5 Å². The lowest BCUT2D eigenvalue weighted by atomic mass is 10.2. The van der Waals surface area contributed by atoms with Crippen LogP contribution in [0.4, 0.5) is 10.5 Å². The molecule has 0 aromatic heterocycles. The van der Waals surface area contributed by atoms with Gasteiger partial charge in [-0.05, 0) is 25.2 Å². The SMILES string of the molecule is CSc1cc2c(cc1NC(=O)NCC1CCCO1)OCCO2. The van der Waals surface area contributed by atoms with Crippen LogP contribution >= 0.6 is 11.8 Å². The summed E-state index contributed by atoms with van der Waals surface area (Å²) in [4.78, 5) is 13.0. The largest absolute Gasteiger partial charge is 0.486 e. The van der Waals surface area contributed by atoms with E-state index in [0.29, 0.717) is 25.5 Å². The molecule has 1 aromatic carbocycles. The number of benzene rings is 1. The van der Waals surface area contributed by atoms with Crippen molar-refractivity contribution in [2.24, 2.45) is 0 Å². The van der Waals surface area contributed by atoms with Gasteiger partial charge in [-0.3, -0.25) is 0 Å². The second kappa shape index (κ2) is 7.11. The molecule has 1 fully saturated rings. The Morgan fingerprint density at radius 2 is 2.05 bits per heavy atom. The first-order valence-electron chi connectivity index (χ1n) is 7.40. The van der Waals surface area contributed by atoms with E-state index in [2.05, 4.69) is 10.6 Å². The Hall–Kier alpha value is -1.60. The van der Waals surface area contributed by atoms with Crippen molar-refractivity contribution in [3.63, 3.8) is 0 Å². The summed E-state index contributed by atoms with van der Waals surface area (Å²) in [5.74, 6) is 1.39. The molecule has 0 bridgehead atoms. The van der Waals surface area contributed by atoms with Crippen LogP contribution in [0.1, 0.15) is 12.8 Å². The smallest absolute Gasteiger partial charge is 0.319 e. The molecule has 2 amide bonds. The summed E-state index contributed by atoms with van der Waals surface area (Å²) in [7, 11) is 0. The maximum atomic E-state index is 12.0. The van der Waals surface area contributed by atoms with Crippen molar-refractivity contribution in [1.82, 2.24) is 5.32 Å². The number of carbonyl (C=O) groups excluding carboxylic acids is 1. The monoisotopic (exact) mass is 324 g/mol. The molecule has 1 aromatic rings. The number of ether oxygens (including phenoxy) is 3. The molecule has 7 heteroatoms. The van der Waals surface area contributed by atoms with Crippen LogP contribution < -0.4 is 20.1 Å². The number of thioether (sulfide) groups is 1. The van der Waals surface area contributed by atoms with Gasteiger partial charge in [0.1, 0.15) is 13.2 Å². The molecule has 1 unspecified atom stereocenters. The Bertz CT molecular complexity index is 547. The minimum absolute atomic E-state index is 0.131. The molecule has 1 atom stereocenters. The van der Waals surface area contributed by atoms with Gasteiger partial charge in [0.15, 0.2) is 11.5 Å². The van der Waals surface area contributed by atoms with Crippen LogP contribution in [0.25, 0.3) is 0 Å². The number of anilines is 1. The number of nitrogens with one attached hydrogen (secondary N) is 2. The van der Waals surface area contributed by atoms with Crippen molar-refractivity contribution in [2.75, 3.05) is 37.9 Å². The first kappa shape index (κ1) is 15.3. The van der Waals surface area contributed by atoms with Crippen LogP contribution in [-0.4, -0.2) is 44.8 Å². The van der Waals surface area contributed by atoms with Gasteiger partial charge in [0.2, 0.25) is 0 Å². The molecule has 0 spiro atoms. The fourth-order valence-corrected chi connectivity index (χ4v) is 3.07. The Balaban J connectivity index is 1.64. The van der Waals surface area contributed by atoms with Gasteiger partial charge in [-0.2, -0.15) is 0 Å². The van der Waals surface area contributed by atoms with Crippen molar-refractivity contribution in [3.8, 4) is 11.5 Å². The lowest BCUT2D eigenvalue weighted by Crippen LogP contribution is -2.35. The molecule has 2 aliphatic heterocycles. The van der Waals surface area contributed by atoms with Crippen LogP contribution in [0.2, 0.25) is 0 Å². The maximum Gasteiger partial charge on any atom is 0.319 e. The van der Waals surface area contributed by atoms with E-state index in [1.807, 2.05) is 18.4 Å². The summed E-state index contributed by atoms with van der Waals surface area (Å²) in [6, 6.07) is 3.48. The van der Waals surface area contributed by atoms with Crippen molar-refractivity contribution < 1.29 is 19.0 Å². The van der Waals surface area contributed by atoms with Gasteiger partial charge in [0.05, 0.1) is 11.8 Å². The predicted octanol–water partition coefficient (Wildman–Crippen LogP) is 2.48. The number of rotatable bonds is 4. The zero-order chi connectivity index (χ0) is 15.4. The molecule has 0 saturated carbocycles. The molecule has 1 saturated heterocycles. The quantitative estimate of drug-likeness (QED) is 0.833. The topological polar surface area (TPSA) is 68.8 Å². The zero-order valence-corrected chi connectivity index (χ0v) is 13.3. The fourth-order valence-electron chi connectivity index (χ4n) is 2.52. The van der Waals surface area contributed by atoms with E-state index < -0.39 is 0 Å². The fraction of sp³-hybridized carbons (Fsp3) is 0.533. The van der Waals surface area contributed by atoms with Crippen molar-refractivity contribution in [3.05, 3.63) is 12.1 Å². The average Bonchev–Trinajstić information content (AvgIpc) is 3.05. The van der Waals surface area contributed by atoms with E-state index in [9.17, 15) is 4.79 Å². The third kappa shape index (κ3) is 3.59. The van der Waals surface area contributed by atoms with E-state index in [0.717, 1.165) is 35.8 Å². The van der Waals surface area contributed by atoms with E-state index >= 15 is 0 Å². The van der Waals surface area contributed by atoms with E-state index in [1.54, 1.807) is 11.8 Å².